The minimum absolute atomic E-state index is 0.810. The highest BCUT2D eigenvalue weighted by Crippen LogP contribution is 2.33. The van der Waals surface area contributed by atoms with Crippen molar-refractivity contribution in [3.05, 3.63) is 0 Å². The molecule has 2 heteroatoms. The zero-order valence-electron chi connectivity index (χ0n) is 9.42. The van der Waals surface area contributed by atoms with Gasteiger partial charge in [-0.25, -0.2) is 0 Å². The first-order valence-electron chi connectivity index (χ1n) is 5.32. The molecule has 1 aliphatic rings. The van der Waals surface area contributed by atoms with E-state index in [-0.39, 0.29) is 0 Å². The molecule has 78 valence electrons. The minimum atomic E-state index is 0.810. The molecule has 13 heavy (non-hydrogen) atoms. The SMILES string of the molecule is CSCC1CC(N(C)CC(C)C)C1. The summed E-state index contributed by atoms with van der Waals surface area (Å²) >= 11 is 1.99. The molecule has 1 fully saturated rings. The molecule has 0 spiro atoms. The first-order chi connectivity index (χ1) is 6.13. The maximum atomic E-state index is 2.54. The van der Waals surface area contributed by atoms with Gasteiger partial charge in [0.25, 0.3) is 0 Å². The molecule has 1 aliphatic carbocycles. The van der Waals surface area contributed by atoms with Crippen LogP contribution in [0.15, 0.2) is 0 Å². The van der Waals surface area contributed by atoms with Crippen LogP contribution in [0.3, 0.4) is 0 Å². The van der Waals surface area contributed by atoms with Crippen LogP contribution in [0, 0.1) is 11.8 Å². The van der Waals surface area contributed by atoms with Gasteiger partial charge in [0, 0.05) is 12.6 Å². The van der Waals surface area contributed by atoms with E-state index in [9.17, 15) is 0 Å². The van der Waals surface area contributed by atoms with Crippen LogP contribution < -0.4 is 0 Å². The number of nitrogens with zero attached hydrogens (tertiary/aromatic N) is 1. The highest BCUT2D eigenvalue weighted by atomic mass is 32.2. The van der Waals surface area contributed by atoms with Crippen LogP contribution in [0.4, 0.5) is 0 Å². The average molecular weight is 201 g/mol. The van der Waals surface area contributed by atoms with Crippen LogP contribution in [-0.2, 0) is 0 Å². The lowest BCUT2D eigenvalue weighted by molar-refractivity contribution is 0.103. The molecule has 0 amide bonds. The van der Waals surface area contributed by atoms with Gasteiger partial charge in [-0.05, 0) is 43.7 Å². The van der Waals surface area contributed by atoms with E-state index in [1.165, 1.54) is 25.1 Å². The molecule has 0 heterocycles. The van der Waals surface area contributed by atoms with Crippen molar-refractivity contribution >= 4 is 11.8 Å². The first kappa shape index (κ1) is 11.4. The molecule has 0 N–H and O–H groups in total. The molecule has 1 nitrogen and oxygen atoms in total. The van der Waals surface area contributed by atoms with Crippen LogP contribution in [0.1, 0.15) is 26.7 Å². The maximum absolute atomic E-state index is 2.54. The highest BCUT2D eigenvalue weighted by Gasteiger charge is 2.31. The normalized spacial score (nSPS) is 28.2. The topological polar surface area (TPSA) is 3.24 Å². The monoisotopic (exact) mass is 201 g/mol. The van der Waals surface area contributed by atoms with Gasteiger partial charge in [-0.1, -0.05) is 13.8 Å². The lowest BCUT2D eigenvalue weighted by Gasteiger charge is -2.41. The molecule has 0 saturated heterocycles. The largest absolute Gasteiger partial charge is 0.303 e. The highest BCUT2D eigenvalue weighted by molar-refractivity contribution is 7.98. The van der Waals surface area contributed by atoms with E-state index in [0.29, 0.717) is 0 Å². The van der Waals surface area contributed by atoms with Gasteiger partial charge >= 0.3 is 0 Å². The summed E-state index contributed by atoms with van der Waals surface area (Å²) < 4.78 is 0. The molecular formula is C11H23NS. The van der Waals surface area contributed by atoms with Crippen molar-refractivity contribution in [3.63, 3.8) is 0 Å². The molecule has 0 aromatic rings. The Kier molecular flexibility index (Phi) is 4.60. The summed E-state index contributed by atoms with van der Waals surface area (Å²) in [4.78, 5) is 2.54. The fourth-order valence-corrected chi connectivity index (χ4v) is 2.90. The Bertz CT molecular complexity index is 141. The van der Waals surface area contributed by atoms with E-state index in [0.717, 1.165) is 17.9 Å². The summed E-state index contributed by atoms with van der Waals surface area (Å²) in [5.74, 6) is 3.19. The summed E-state index contributed by atoms with van der Waals surface area (Å²) in [6.45, 7) is 5.86. The third kappa shape index (κ3) is 3.51. The second-order valence-corrected chi connectivity index (χ2v) is 5.69. The Balaban J connectivity index is 2.11. The van der Waals surface area contributed by atoms with Crippen molar-refractivity contribution in [3.8, 4) is 0 Å². The molecule has 0 aromatic heterocycles. The van der Waals surface area contributed by atoms with Gasteiger partial charge in [-0.2, -0.15) is 11.8 Å². The average Bonchev–Trinajstić information content (AvgIpc) is 1.93. The maximum Gasteiger partial charge on any atom is 0.00982 e. The van der Waals surface area contributed by atoms with Crippen molar-refractivity contribution in [1.29, 1.82) is 0 Å². The van der Waals surface area contributed by atoms with Gasteiger partial charge in [-0.15, -0.1) is 0 Å². The van der Waals surface area contributed by atoms with Crippen molar-refractivity contribution in [2.45, 2.75) is 32.7 Å². The Hall–Kier alpha value is 0.310. The fraction of sp³-hybridized carbons (Fsp3) is 1.00. The van der Waals surface area contributed by atoms with E-state index in [2.05, 4.69) is 32.1 Å². The Morgan fingerprint density at radius 1 is 1.38 bits per heavy atom. The zero-order chi connectivity index (χ0) is 9.84. The quantitative estimate of drug-likeness (QED) is 0.673. The smallest absolute Gasteiger partial charge is 0.00982 e. The van der Waals surface area contributed by atoms with E-state index in [1.54, 1.807) is 0 Å². The predicted octanol–water partition coefficient (Wildman–Crippen LogP) is 2.72. The molecule has 0 atom stereocenters. The lowest BCUT2D eigenvalue weighted by atomic mass is 9.80. The van der Waals surface area contributed by atoms with Gasteiger partial charge in [0.1, 0.15) is 0 Å². The molecule has 1 rings (SSSR count). The minimum Gasteiger partial charge on any atom is -0.303 e. The number of thioether (sulfide) groups is 1. The predicted molar refractivity (Wildman–Crippen MR) is 62.4 cm³/mol. The van der Waals surface area contributed by atoms with Crippen molar-refractivity contribution in [1.82, 2.24) is 4.90 Å². The molecule has 0 aliphatic heterocycles. The Labute approximate surface area is 87.3 Å². The van der Waals surface area contributed by atoms with Crippen LogP contribution in [0.5, 0.6) is 0 Å². The van der Waals surface area contributed by atoms with E-state index >= 15 is 0 Å². The zero-order valence-corrected chi connectivity index (χ0v) is 10.2. The third-order valence-corrected chi connectivity index (χ3v) is 3.69. The lowest BCUT2D eigenvalue weighted by Crippen LogP contribution is -2.44. The summed E-state index contributed by atoms with van der Waals surface area (Å²) in [5.41, 5.74) is 0. The van der Waals surface area contributed by atoms with Gasteiger partial charge < -0.3 is 4.90 Å². The summed E-state index contributed by atoms with van der Waals surface area (Å²) in [6, 6.07) is 0.888. The Morgan fingerprint density at radius 3 is 2.46 bits per heavy atom. The second kappa shape index (κ2) is 5.26. The molecular weight excluding hydrogens is 178 g/mol. The van der Waals surface area contributed by atoms with Crippen molar-refractivity contribution in [2.75, 3.05) is 25.6 Å². The summed E-state index contributed by atoms with van der Waals surface area (Å²) in [6.07, 6.45) is 5.08. The van der Waals surface area contributed by atoms with Gasteiger partial charge in [0.05, 0.1) is 0 Å². The molecule has 0 bridgehead atoms. The van der Waals surface area contributed by atoms with E-state index in [4.69, 9.17) is 0 Å². The molecule has 0 unspecified atom stereocenters. The van der Waals surface area contributed by atoms with Crippen LogP contribution >= 0.6 is 11.8 Å². The van der Waals surface area contributed by atoms with Gasteiger partial charge in [0.2, 0.25) is 0 Å². The van der Waals surface area contributed by atoms with Gasteiger partial charge in [0.15, 0.2) is 0 Å². The van der Waals surface area contributed by atoms with Gasteiger partial charge in [-0.3, -0.25) is 0 Å². The number of hydrogen-bond donors (Lipinski definition) is 0. The standard InChI is InChI=1S/C11H23NS/c1-9(2)7-12(3)11-5-10(6-11)8-13-4/h9-11H,5-8H2,1-4H3. The summed E-state index contributed by atoms with van der Waals surface area (Å²) in [7, 11) is 2.28. The molecule has 1 saturated carbocycles. The second-order valence-electron chi connectivity index (χ2n) is 4.78. The third-order valence-electron chi connectivity index (χ3n) is 2.89. The van der Waals surface area contributed by atoms with E-state index in [1.807, 2.05) is 11.8 Å². The molecule has 0 radical (unpaired) electrons. The van der Waals surface area contributed by atoms with E-state index < -0.39 is 0 Å². The number of hydrogen-bond acceptors (Lipinski definition) is 2. The summed E-state index contributed by atoms with van der Waals surface area (Å²) in [5, 5.41) is 0. The Morgan fingerprint density at radius 2 is 2.00 bits per heavy atom. The number of rotatable bonds is 5. The van der Waals surface area contributed by atoms with Crippen LogP contribution in [0.25, 0.3) is 0 Å². The van der Waals surface area contributed by atoms with Crippen LogP contribution in [0.2, 0.25) is 0 Å². The molecule has 0 aromatic carbocycles. The van der Waals surface area contributed by atoms with Crippen molar-refractivity contribution < 1.29 is 0 Å². The van der Waals surface area contributed by atoms with Crippen molar-refractivity contribution in [2.24, 2.45) is 11.8 Å². The fourth-order valence-electron chi connectivity index (χ4n) is 2.16. The first-order valence-corrected chi connectivity index (χ1v) is 6.72. The van der Waals surface area contributed by atoms with Crippen LogP contribution in [-0.4, -0.2) is 36.5 Å².